The van der Waals surface area contributed by atoms with Gasteiger partial charge in [-0.05, 0) is 36.9 Å². The third-order valence-corrected chi connectivity index (χ3v) is 4.46. The van der Waals surface area contributed by atoms with Crippen molar-refractivity contribution < 1.29 is 9.18 Å². The number of halogens is 1. The van der Waals surface area contributed by atoms with Gasteiger partial charge in [0.25, 0.3) is 5.91 Å². The average molecular weight is 354 g/mol. The van der Waals surface area contributed by atoms with Crippen molar-refractivity contribution in [2.75, 3.05) is 19.6 Å². The molecule has 3 nitrogen and oxygen atoms in total. The van der Waals surface area contributed by atoms with Crippen molar-refractivity contribution in [1.82, 2.24) is 9.80 Å². The first-order valence-corrected chi connectivity index (χ1v) is 9.03. The van der Waals surface area contributed by atoms with Gasteiger partial charge in [-0.3, -0.25) is 9.69 Å². The highest BCUT2D eigenvalue weighted by atomic mass is 19.1. The van der Waals surface area contributed by atoms with Crippen molar-refractivity contribution in [3.05, 3.63) is 83.7 Å². The molecule has 0 saturated carbocycles. The standard InChI is InChI=1S/C22H27FN2O/c1-4-15-25(17-20-9-7-8-10-21(20)23)22(26)19-13-11-18(12-14-19)16-24(5-2)6-3/h4,7-14H,1,5-6,15-17H2,2-3H3. The number of hydrogen-bond acceptors (Lipinski definition) is 2. The first-order chi connectivity index (χ1) is 12.6. The van der Waals surface area contributed by atoms with Crippen molar-refractivity contribution in [3.63, 3.8) is 0 Å². The molecule has 0 heterocycles. The van der Waals surface area contributed by atoms with Gasteiger partial charge in [0, 0.05) is 30.8 Å². The summed E-state index contributed by atoms with van der Waals surface area (Å²) in [5.41, 5.74) is 2.28. The Kier molecular flexibility index (Phi) is 7.54. The summed E-state index contributed by atoms with van der Waals surface area (Å²) in [6.07, 6.45) is 1.66. The van der Waals surface area contributed by atoms with E-state index in [0.717, 1.165) is 19.6 Å². The van der Waals surface area contributed by atoms with Crippen LogP contribution in [0.25, 0.3) is 0 Å². The van der Waals surface area contributed by atoms with E-state index in [1.165, 1.54) is 11.6 Å². The van der Waals surface area contributed by atoms with Crippen molar-refractivity contribution in [3.8, 4) is 0 Å². The molecule has 26 heavy (non-hydrogen) atoms. The predicted molar refractivity (Wildman–Crippen MR) is 104 cm³/mol. The minimum absolute atomic E-state index is 0.123. The molecule has 0 radical (unpaired) electrons. The maximum absolute atomic E-state index is 13.9. The van der Waals surface area contributed by atoms with Gasteiger partial charge >= 0.3 is 0 Å². The third kappa shape index (κ3) is 5.27. The number of amides is 1. The second-order valence-corrected chi connectivity index (χ2v) is 6.22. The lowest BCUT2D eigenvalue weighted by Gasteiger charge is -2.22. The zero-order valence-electron chi connectivity index (χ0n) is 15.6. The van der Waals surface area contributed by atoms with Gasteiger partial charge in [-0.25, -0.2) is 4.39 Å². The maximum atomic E-state index is 13.9. The number of benzene rings is 2. The third-order valence-electron chi connectivity index (χ3n) is 4.46. The lowest BCUT2D eigenvalue weighted by Crippen LogP contribution is -2.31. The van der Waals surface area contributed by atoms with E-state index in [9.17, 15) is 9.18 Å². The second-order valence-electron chi connectivity index (χ2n) is 6.22. The summed E-state index contributed by atoms with van der Waals surface area (Å²) in [4.78, 5) is 16.8. The van der Waals surface area contributed by atoms with Crippen LogP contribution in [0.15, 0.2) is 61.2 Å². The van der Waals surface area contributed by atoms with E-state index >= 15 is 0 Å². The molecule has 0 unspecified atom stereocenters. The Hall–Kier alpha value is -2.46. The molecule has 138 valence electrons. The van der Waals surface area contributed by atoms with Gasteiger partial charge < -0.3 is 4.90 Å². The van der Waals surface area contributed by atoms with Crippen LogP contribution < -0.4 is 0 Å². The van der Waals surface area contributed by atoms with E-state index < -0.39 is 0 Å². The van der Waals surface area contributed by atoms with Crippen LogP contribution in [-0.2, 0) is 13.1 Å². The predicted octanol–water partition coefficient (Wildman–Crippen LogP) is 4.50. The Bertz CT molecular complexity index is 723. The molecule has 0 fully saturated rings. The smallest absolute Gasteiger partial charge is 0.254 e. The molecule has 0 aliphatic carbocycles. The van der Waals surface area contributed by atoms with Crippen LogP contribution in [0.4, 0.5) is 4.39 Å². The van der Waals surface area contributed by atoms with Gasteiger partial charge in [0.05, 0.1) is 0 Å². The molecular formula is C22H27FN2O. The molecule has 2 aromatic rings. The van der Waals surface area contributed by atoms with E-state index in [0.29, 0.717) is 17.7 Å². The average Bonchev–Trinajstić information content (AvgIpc) is 2.67. The van der Waals surface area contributed by atoms with Gasteiger partial charge in [0.1, 0.15) is 5.82 Å². The van der Waals surface area contributed by atoms with Gasteiger partial charge in [-0.2, -0.15) is 0 Å². The van der Waals surface area contributed by atoms with E-state index in [-0.39, 0.29) is 18.3 Å². The molecule has 0 aliphatic heterocycles. The molecular weight excluding hydrogens is 327 g/mol. The van der Waals surface area contributed by atoms with Gasteiger partial charge in [0.15, 0.2) is 0 Å². The van der Waals surface area contributed by atoms with Gasteiger partial charge in [-0.1, -0.05) is 50.3 Å². The van der Waals surface area contributed by atoms with Crippen LogP contribution >= 0.6 is 0 Å². The Morgan fingerprint density at radius 2 is 1.69 bits per heavy atom. The quantitative estimate of drug-likeness (QED) is 0.619. The molecule has 0 bridgehead atoms. The zero-order chi connectivity index (χ0) is 18.9. The Labute approximate surface area is 155 Å². The summed E-state index contributed by atoms with van der Waals surface area (Å²) < 4.78 is 13.9. The largest absolute Gasteiger partial charge is 0.331 e. The van der Waals surface area contributed by atoms with Crippen LogP contribution in [0.1, 0.15) is 35.3 Å². The van der Waals surface area contributed by atoms with Gasteiger partial charge in [-0.15, -0.1) is 6.58 Å². The first kappa shape index (κ1) is 19.9. The van der Waals surface area contributed by atoms with Crippen LogP contribution in [0.2, 0.25) is 0 Å². The molecule has 0 aliphatic rings. The van der Waals surface area contributed by atoms with E-state index in [2.05, 4.69) is 25.3 Å². The minimum Gasteiger partial charge on any atom is -0.331 e. The lowest BCUT2D eigenvalue weighted by molar-refractivity contribution is 0.0761. The number of rotatable bonds is 9. The number of nitrogens with zero attached hydrogens (tertiary/aromatic N) is 2. The van der Waals surface area contributed by atoms with Crippen molar-refractivity contribution in [2.24, 2.45) is 0 Å². The maximum Gasteiger partial charge on any atom is 0.254 e. The highest BCUT2D eigenvalue weighted by Crippen LogP contribution is 2.14. The Morgan fingerprint density at radius 3 is 2.27 bits per heavy atom. The molecule has 1 amide bonds. The fourth-order valence-electron chi connectivity index (χ4n) is 2.85. The monoisotopic (exact) mass is 354 g/mol. The molecule has 4 heteroatoms. The Balaban J connectivity index is 2.13. The second kappa shape index (κ2) is 9.88. The van der Waals surface area contributed by atoms with Crippen LogP contribution in [-0.4, -0.2) is 35.3 Å². The topological polar surface area (TPSA) is 23.6 Å². The van der Waals surface area contributed by atoms with Crippen LogP contribution in [0.5, 0.6) is 0 Å². The van der Waals surface area contributed by atoms with Crippen LogP contribution in [0, 0.1) is 5.82 Å². The van der Waals surface area contributed by atoms with Crippen molar-refractivity contribution in [2.45, 2.75) is 26.9 Å². The zero-order valence-corrected chi connectivity index (χ0v) is 15.6. The summed E-state index contributed by atoms with van der Waals surface area (Å²) in [7, 11) is 0. The highest BCUT2D eigenvalue weighted by Gasteiger charge is 2.16. The van der Waals surface area contributed by atoms with E-state index in [4.69, 9.17) is 0 Å². The molecule has 0 N–H and O–H groups in total. The fraction of sp³-hybridized carbons (Fsp3) is 0.318. The molecule has 0 atom stereocenters. The van der Waals surface area contributed by atoms with Crippen molar-refractivity contribution >= 4 is 5.91 Å². The summed E-state index contributed by atoms with van der Waals surface area (Å²) in [5, 5.41) is 0. The lowest BCUT2D eigenvalue weighted by atomic mass is 10.1. The molecule has 2 aromatic carbocycles. The van der Waals surface area contributed by atoms with Gasteiger partial charge in [0.2, 0.25) is 0 Å². The summed E-state index contributed by atoms with van der Waals surface area (Å²) in [5.74, 6) is -0.425. The molecule has 2 rings (SSSR count). The number of carbonyl (C=O) groups excluding carboxylic acids is 1. The first-order valence-electron chi connectivity index (χ1n) is 9.03. The summed E-state index contributed by atoms with van der Waals surface area (Å²) >= 11 is 0. The minimum atomic E-state index is -0.302. The van der Waals surface area contributed by atoms with E-state index in [1.807, 2.05) is 24.3 Å². The SMILES string of the molecule is C=CCN(Cc1ccccc1F)C(=O)c1ccc(CN(CC)CC)cc1. The molecule has 0 saturated heterocycles. The Morgan fingerprint density at radius 1 is 1.04 bits per heavy atom. The normalized spacial score (nSPS) is 10.8. The molecule has 0 spiro atoms. The van der Waals surface area contributed by atoms with E-state index in [1.54, 1.807) is 29.2 Å². The number of carbonyl (C=O) groups is 1. The van der Waals surface area contributed by atoms with Crippen molar-refractivity contribution in [1.29, 1.82) is 0 Å². The molecule has 0 aromatic heterocycles. The summed E-state index contributed by atoms with van der Waals surface area (Å²) in [6, 6.07) is 14.2. The van der Waals surface area contributed by atoms with Crippen LogP contribution in [0.3, 0.4) is 0 Å². The number of hydrogen-bond donors (Lipinski definition) is 0. The summed E-state index contributed by atoms with van der Waals surface area (Å²) in [6.45, 7) is 11.4. The highest BCUT2D eigenvalue weighted by molar-refractivity contribution is 5.94. The fourth-order valence-corrected chi connectivity index (χ4v) is 2.85.